The van der Waals surface area contributed by atoms with Crippen molar-refractivity contribution in [3.8, 4) is 0 Å². The van der Waals surface area contributed by atoms with Gasteiger partial charge in [-0.15, -0.1) is 0 Å². The Morgan fingerprint density at radius 3 is 2.25 bits per heavy atom. The van der Waals surface area contributed by atoms with E-state index in [0.717, 1.165) is 32.6 Å². The summed E-state index contributed by atoms with van der Waals surface area (Å²) >= 11 is 0. The lowest BCUT2D eigenvalue weighted by atomic mass is 10.0. The van der Waals surface area contributed by atoms with Crippen molar-refractivity contribution in [3.63, 3.8) is 0 Å². The molecule has 5 nitrogen and oxygen atoms in total. The SMILES string of the molecule is CCCC(=O)N[C@H](CC(C)C)C(=O)N1CCN(C)CC1. The summed E-state index contributed by atoms with van der Waals surface area (Å²) in [5, 5.41) is 2.91. The van der Waals surface area contributed by atoms with Gasteiger partial charge in [-0.3, -0.25) is 9.59 Å². The first-order valence-corrected chi connectivity index (χ1v) is 7.70. The first-order valence-electron chi connectivity index (χ1n) is 7.70. The Balaban J connectivity index is 2.61. The van der Waals surface area contributed by atoms with Gasteiger partial charge in [0.1, 0.15) is 6.04 Å². The van der Waals surface area contributed by atoms with Gasteiger partial charge in [0.15, 0.2) is 0 Å². The van der Waals surface area contributed by atoms with Crippen molar-refractivity contribution in [2.24, 2.45) is 5.92 Å². The van der Waals surface area contributed by atoms with Crippen molar-refractivity contribution < 1.29 is 9.59 Å². The number of carbonyl (C=O) groups excluding carboxylic acids is 2. The molecular formula is C15H29N3O2. The minimum absolute atomic E-state index is 0.0133. The molecule has 1 fully saturated rings. The molecule has 1 aliphatic rings. The van der Waals surface area contributed by atoms with Crippen LogP contribution < -0.4 is 5.32 Å². The second kappa shape index (κ2) is 8.25. The second-order valence-electron chi connectivity index (χ2n) is 6.13. The number of rotatable bonds is 6. The second-order valence-corrected chi connectivity index (χ2v) is 6.13. The van der Waals surface area contributed by atoms with Crippen molar-refractivity contribution in [2.75, 3.05) is 33.2 Å². The Hall–Kier alpha value is -1.10. The van der Waals surface area contributed by atoms with E-state index in [-0.39, 0.29) is 17.9 Å². The maximum absolute atomic E-state index is 12.6. The van der Waals surface area contributed by atoms with E-state index in [0.29, 0.717) is 18.8 Å². The fraction of sp³-hybridized carbons (Fsp3) is 0.867. The molecule has 1 atom stereocenters. The zero-order valence-corrected chi connectivity index (χ0v) is 13.3. The largest absolute Gasteiger partial charge is 0.344 e. The van der Waals surface area contributed by atoms with E-state index in [1.807, 2.05) is 11.8 Å². The number of hydrogen-bond acceptors (Lipinski definition) is 3. The number of nitrogens with one attached hydrogen (secondary N) is 1. The highest BCUT2D eigenvalue weighted by molar-refractivity contribution is 5.87. The number of carbonyl (C=O) groups is 2. The molecule has 1 aliphatic heterocycles. The Labute approximate surface area is 122 Å². The smallest absolute Gasteiger partial charge is 0.245 e. The van der Waals surface area contributed by atoms with Gasteiger partial charge in [0.25, 0.3) is 0 Å². The summed E-state index contributed by atoms with van der Waals surface area (Å²) in [4.78, 5) is 28.5. The van der Waals surface area contributed by atoms with Crippen molar-refractivity contribution in [3.05, 3.63) is 0 Å². The maximum Gasteiger partial charge on any atom is 0.245 e. The Bertz CT molecular complexity index is 323. The predicted octanol–water partition coefficient (Wildman–Crippen LogP) is 1.09. The third kappa shape index (κ3) is 5.49. The minimum atomic E-state index is -0.363. The van der Waals surface area contributed by atoms with E-state index in [2.05, 4.69) is 31.1 Å². The number of nitrogens with zero attached hydrogens (tertiary/aromatic N) is 2. The van der Waals surface area contributed by atoms with Crippen LogP contribution in [0.5, 0.6) is 0 Å². The summed E-state index contributed by atoms with van der Waals surface area (Å²) in [6.07, 6.45) is 2.01. The molecule has 0 aromatic rings. The summed E-state index contributed by atoms with van der Waals surface area (Å²) in [6.45, 7) is 9.46. The molecule has 1 rings (SSSR count). The summed E-state index contributed by atoms with van der Waals surface area (Å²) in [5.41, 5.74) is 0. The molecule has 1 N–H and O–H groups in total. The molecule has 0 unspecified atom stereocenters. The van der Waals surface area contributed by atoms with E-state index in [1.54, 1.807) is 0 Å². The summed E-state index contributed by atoms with van der Waals surface area (Å²) in [6, 6.07) is -0.363. The zero-order valence-electron chi connectivity index (χ0n) is 13.3. The molecule has 0 spiro atoms. The zero-order chi connectivity index (χ0) is 15.1. The van der Waals surface area contributed by atoms with Gasteiger partial charge in [0.05, 0.1) is 0 Å². The van der Waals surface area contributed by atoms with Gasteiger partial charge in [0, 0.05) is 32.6 Å². The Morgan fingerprint density at radius 2 is 1.75 bits per heavy atom. The highest BCUT2D eigenvalue weighted by atomic mass is 16.2. The minimum Gasteiger partial charge on any atom is -0.344 e. The Morgan fingerprint density at radius 1 is 1.15 bits per heavy atom. The van der Waals surface area contributed by atoms with Gasteiger partial charge in [-0.2, -0.15) is 0 Å². The quantitative estimate of drug-likeness (QED) is 0.794. The predicted molar refractivity (Wildman–Crippen MR) is 80.4 cm³/mol. The van der Waals surface area contributed by atoms with E-state index in [4.69, 9.17) is 0 Å². The fourth-order valence-corrected chi connectivity index (χ4v) is 2.43. The molecule has 20 heavy (non-hydrogen) atoms. The lowest BCUT2D eigenvalue weighted by Gasteiger charge is -2.35. The highest BCUT2D eigenvalue weighted by Gasteiger charge is 2.28. The summed E-state index contributed by atoms with van der Waals surface area (Å²) in [5.74, 6) is 0.454. The number of piperazine rings is 1. The van der Waals surface area contributed by atoms with E-state index in [9.17, 15) is 9.59 Å². The lowest BCUT2D eigenvalue weighted by Crippen LogP contribution is -2.54. The summed E-state index contributed by atoms with van der Waals surface area (Å²) < 4.78 is 0. The molecule has 1 heterocycles. The standard InChI is InChI=1S/C15H29N3O2/c1-5-6-14(19)16-13(11-12(2)3)15(20)18-9-7-17(4)8-10-18/h12-13H,5-11H2,1-4H3,(H,16,19)/t13-/m1/s1. The average Bonchev–Trinajstić information content (AvgIpc) is 2.38. The van der Waals surface area contributed by atoms with Gasteiger partial charge in [-0.05, 0) is 25.8 Å². The molecular weight excluding hydrogens is 254 g/mol. The molecule has 116 valence electrons. The lowest BCUT2D eigenvalue weighted by molar-refractivity contribution is -0.138. The molecule has 2 amide bonds. The first-order chi connectivity index (χ1) is 9.43. The maximum atomic E-state index is 12.6. The molecule has 0 saturated carbocycles. The van der Waals surface area contributed by atoms with Crippen LogP contribution >= 0.6 is 0 Å². The molecule has 0 aliphatic carbocycles. The van der Waals surface area contributed by atoms with Gasteiger partial charge >= 0.3 is 0 Å². The van der Waals surface area contributed by atoms with Crippen molar-refractivity contribution in [1.82, 2.24) is 15.1 Å². The van der Waals surface area contributed by atoms with Crippen molar-refractivity contribution in [1.29, 1.82) is 0 Å². The van der Waals surface area contributed by atoms with Crippen LogP contribution in [0.2, 0.25) is 0 Å². The molecule has 5 heteroatoms. The van der Waals surface area contributed by atoms with Crippen LogP contribution in [0.3, 0.4) is 0 Å². The monoisotopic (exact) mass is 283 g/mol. The van der Waals surface area contributed by atoms with Gasteiger partial charge < -0.3 is 15.1 Å². The normalized spacial score (nSPS) is 18.1. The van der Waals surface area contributed by atoms with Crippen LogP contribution in [0.4, 0.5) is 0 Å². The van der Waals surface area contributed by atoms with Gasteiger partial charge in [-0.25, -0.2) is 0 Å². The van der Waals surface area contributed by atoms with Crippen molar-refractivity contribution in [2.45, 2.75) is 46.1 Å². The molecule has 1 saturated heterocycles. The van der Waals surface area contributed by atoms with Crippen LogP contribution in [0.25, 0.3) is 0 Å². The van der Waals surface area contributed by atoms with Crippen LogP contribution in [0.1, 0.15) is 40.0 Å². The average molecular weight is 283 g/mol. The van der Waals surface area contributed by atoms with Gasteiger partial charge in [-0.1, -0.05) is 20.8 Å². The molecule has 0 radical (unpaired) electrons. The van der Waals surface area contributed by atoms with Crippen LogP contribution in [-0.2, 0) is 9.59 Å². The van der Waals surface area contributed by atoms with E-state index in [1.165, 1.54) is 0 Å². The highest BCUT2D eigenvalue weighted by Crippen LogP contribution is 2.10. The van der Waals surface area contributed by atoms with E-state index >= 15 is 0 Å². The first kappa shape index (κ1) is 17.0. The number of hydrogen-bond donors (Lipinski definition) is 1. The molecule has 0 aromatic heterocycles. The van der Waals surface area contributed by atoms with Crippen LogP contribution in [-0.4, -0.2) is 60.9 Å². The molecule has 0 aromatic carbocycles. The van der Waals surface area contributed by atoms with Gasteiger partial charge in [0.2, 0.25) is 11.8 Å². The number of amides is 2. The van der Waals surface area contributed by atoms with Crippen LogP contribution in [0.15, 0.2) is 0 Å². The topological polar surface area (TPSA) is 52.7 Å². The number of likely N-dealkylation sites (N-methyl/N-ethyl adjacent to an activating group) is 1. The molecule has 0 bridgehead atoms. The van der Waals surface area contributed by atoms with Crippen molar-refractivity contribution >= 4 is 11.8 Å². The Kier molecular flexibility index (Phi) is 6.99. The third-order valence-corrected chi connectivity index (χ3v) is 3.63. The summed E-state index contributed by atoms with van der Waals surface area (Å²) in [7, 11) is 2.07. The third-order valence-electron chi connectivity index (χ3n) is 3.63. The fourth-order valence-electron chi connectivity index (χ4n) is 2.43. The van der Waals surface area contributed by atoms with Crippen LogP contribution in [0, 0.1) is 5.92 Å². The van der Waals surface area contributed by atoms with E-state index < -0.39 is 0 Å².